The van der Waals surface area contributed by atoms with Gasteiger partial charge in [0.2, 0.25) is 5.91 Å². The van der Waals surface area contributed by atoms with Crippen molar-refractivity contribution in [1.82, 2.24) is 5.32 Å². The van der Waals surface area contributed by atoms with E-state index in [0.717, 1.165) is 12.8 Å². The van der Waals surface area contributed by atoms with E-state index in [9.17, 15) is 9.18 Å². The van der Waals surface area contributed by atoms with Crippen LogP contribution in [0.5, 0.6) is 0 Å². The van der Waals surface area contributed by atoms with Gasteiger partial charge in [0.05, 0.1) is 6.42 Å². The van der Waals surface area contributed by atoms with E-state index in [1.807, 2.05) is 0 Å². The third-order valence-corrected chi connectivity index (χ3v) is 3.37. The second-order valence-electron chi connectivity index (χ2n) is 4.95. The lowest BCUT2D eigenvalue weighted by Crippen LogP contribution is -2.34. The van der Waals surface area contributed by atoms with Gasteiger partial charge in [0.25, 0.3) is 0 Å². The molecule has 17 heavy (non-hydrogen) atoms. The normalized spacial score (nSPS) is 23.6. The van der Waals surface area contributed by atoms with Crippen molar-refractivity contribution in [1.29, 1.82) is 0 Å². The van der Waals surface area contributed by atoms with Gasteiger partial charge in [-0.05, 0) is 36.8 Å². The monoisotopic (exact) mass is 235 g/mol. The van der Waals surface area contributed by atoms with Crippen molar-refractivity contribution < 1.29 is 9.18 Å². The van der Waals surface area contributed by atoms with Crippen molar-refractivity contribution in [2.24, 2.45) is 5.92 Å². The van der Waals surface area contributed by atoms with Gasteiger partial charge in [-0.25, -0.2) is 4.39 Å². The predicted molar refractivity (Wildman–Crippen MR) is 65.0 cm³/mol. The predicted octanol–water partition coefficient (Wildman–Crippen LogP) is 2.67. The number of amides is 1. The number of benzene rings is 1. The molecule has 1 amide bonds. The Bertz CT molecular complexity index is 405. The van der Waals surface area contributed by atoms with E-state index in [2.05, 4.69) is 12.2 Å². The number of carbonyl (C=O) groups excluding carboxylic acids is 1. The summed E-state index contributed by atoms with van der Waals surface area (Å²) in [6.45, 7) is 2.20. The van der Waals surface area contributed by atoms with Crippen LogP contribution in [0.4, 0.5) is 4.39 Å². The van der Waals surface area contributed by atoms with E-state index < -0.39 is 0 Å². The van der Waals surface area contributed by atoms with E-state index in [1.54, 1.807) is 18.2 Å². The molecule has 0 spiro atoms. The molecule has 0 heterocycles. The number of hydrogen-bond acceptors (Lipinski definition) is 1. The third-order valence-electron chi connectivity index (χ3n) is 3.37. The molecule has 92 valence electrons. The second-order valence-corrected chi connectivity index (χ2v) is 4.95. The summed E-state index contributed by atoms with van der Waals surface area (Å²) in [7, 11) is 0. The van der Waals surface area contributed by atoms with Crippen LogP contribution in [0.15, 0.2) is 24.3 Å². The van der Waals surface area contributed by atoms with Crippen molar-refractivity contribution in [3.8, 4) is 0 Å². The molecule has 1 aromatic carbocycles. The lowest BCUT2D eigenvalue weighted by molar-refractivity contribution is -0.121. The molecule has 1 saturated carbocycles. The van der Waals surface area contributed by atoms with Gasteiger partial charge < -0.3 is 5.32 Å². The topological polar surface area (TPSA) is 29.1 Å². The highest BCUT2D eigenvalue weighted by Crippen LogP contribution is 2.24. The van der Waals surface area contributed by atoms with Crippen molar-refractivity contribution >= 4 is 5.91 Å². The Morgan fingerprint density at radius 1 is 1.41 bits per heavy atom. The zero-order valence-corrected chi connectivity index (χ0v) is 10.1. The lowest BCUT2D eigenvalue weighted by atomic mass is 10.1. The maximum atomic E-state index is 13.3. The molecule has 0 aromatic heterocycles. The van der Waals surface area contributed by atoms with Gasteiger partial charge in [-0.3, -0.25) is 4.79 Å². The van der Waals surface area contributed by atoms with Crippen LogP contribution >= 0.6 is 0 Å². The summed E-state index contributed by atoms with van der Waals surface area (Å²) in [5, 5.41) is 2.98. The molecule has 1 aliphatic carbocycles. The minimum atomic E-state index is -0.303. The molecular weight excluding hydrogens is 217 g/mol. The number of nitrogens with one attached hydrogen (secondary N) is 1. The first kappa shape index (κ1) is 12.1. The fourth-order valence-electron chi connectivity index (χ4n) is 2.43. The average molecular weight is 235 g/mol. The summed E-state index contributed by atoms with van der Waals surface area (Å²) in [4.78, 5) is 11.7. The Kier molecular flexibility index (Phi) is 3.77. The van der Waals surface area contributed by atoms with Gasteiger partial charge in [-0.1, -0.05) is 25.1 Å². The summed E-state index contributed by atoms with van der Waals surface area (Å²) >= 11 is 0. The van der Waals surface area contributed by atoms with Gasteiger partial charge in [-0.2, -0.15) is 0 Å². The molecule has 0 radical (unpaired) electrons. The Morgan fingerprint density at radius 3 is 2.82 bits per heavy atom. The van der Waals surface area contributed by atoms with Crippen LogP contribution in [0.25, 0.3) is 0 Å². The largest absolute Gasteiger partial charge is 0.353 e. The van der Waals surface area contributed by atoms with Crippen molar-refractivity contribution in [3.05, 3.63) is 35.6 Å². The van der Waals surface area contributed by atoms with E-state index in [0.29, 0.717) is 11.5 Å². The second kappa shape index (κ2) is 5.30. The van der Waals surface area contributed by atoms with Crippen molar-refractivity contribution in [2.45, 2.75) is 38.6 Å². The molecule has 1 aromatic rings. The first-order valence-corrected chi connectivity index (χ1v) is 6.18. The average Bonchev–Trinajstić information content (AvgIpc) is 2.67. The summed E-state index contributed by atoms with van der Waals surface area (Å²) in [6.07, 6.45) is 3.40. The summed E-state index contributed by atoms with van der Waals surface area (Å²) in [6, 6.07) is 6.72. The molecule has 3 heteroatoms. The summed E-state index contributed by atoms with van der Waals surface area (Å²) in [5.41, 5.74) is 0.469. The van der Waals surface area contributed by atoms with Gasteiger partial charge in [0, 0.05) is 6.04 Å². The van der Waals surface area contributed by atoms with Crippen molar-refractivity contribution in [2.75, 3.05) is 0 Å². The maximum absolute atomic E-state index is 13.3. The van der Waals surface area contributed by atoms with Crippen LogP contribution in [0.1, 0.15) is 31.7 Å². The number of halogens is 1. The van der Waals surface area contributed by atoms with Gasteiger partial charge in [-0.15, -0.1) is 0 Å². The molecule has 2 rings (SSSR count). The quantitative estimate of drug-likeness (QED) is 0.857. The van der Waals surface area contributed by atoms with Crippen LogP contribution in [-0.2, 0) is 11.2 Å². The SMILES string of the molecule is CC1CCC(NC(=O)Cc2ccccc2F)C1. The van der Waals surface area contributed by atoms with Gasteiger partial charge >= 0.3 is 0 Å². The minimum Gasteiger partial charge on any atom is -0.353 e. The zero-order chi connectivity index (χ0) is 12.3. The number of hydrogen-bond donors (Lipinski definition) is 1. The molecule has 0 saturated heterocycles. The smallest absolute Gasteiger partial charge is 0.224 e. The Hall–Kier alpha value is -1.38. The standard InChI is InChI=1S/C14H18FNO/c1-10-6-7-12(8-10)16-14(17)9-11-4-2-3-5-13(11)15/h2-5,10,12H,6-9H2,1H3,(H,16,17). The Labute approximate surface area is 101 Å². The number of carbonyl (C=O) groups is 1. The first-order chi connectivity index (χ1) is 8.15. The highest BCUT2D eigenvalue weighted by Gasteiger charge is 2.22. The fourth-order valence-corrected chi connectivity index (χ4v) is 2.43. The fraction of sp³-hybridized carbons (Fsp3) is 0.500. The van der Waals surface area contributed by atoms with Crippen LogP contribution < -0.4 is 5.32 Å². The van der Waals surface area contributed by atoms with E-state index in [-0.39, 0.29) is 24.2 Å². The molecule has 1 N–H and O–H groups in total. The third kappa shape index (κ3) is 3.29. The Morgan fingerprint density at radius 2 is 2.18 bits per heavy atom. The van der Waals surface area contributed by atoms with E-state index in [4.69, 9.17) is 0 Å². The molecule has 0 bridgehead atoms. The molecule has 1 fully saturated rings. The van der Waals surface area contributed by atoms with Gasteiger partial charge in [0.15, 0.2) is 0 Å². The van der Waals surface area contributed by atoms with Crippen LogP contribution in [0, 0.1) is 11.7 Å². The summed E-state index contributed by atoms with van der Waals surface area (Å²) < 4.78 is 13.3. The molecule has 0 aliphatic heterocycles. The molecule has 2 atom stereocenters. The molecule has 1 aliphatic rings. The van der Waals surface area contributed by atoms with E-state index >= 15 is 0 Å². The number of rotatable bonds is 3. The van der Waals surface area contributed by atoms with Crippen LogP contribution in [0.2, 0.25) is 0 Å². The van der Waals surface area contributed by atoms with E-state index in [1.165, 1.54) is 12.5 Å². The molecular formula is C14H18FNO. The summed E-state index contributed by atoms with van der Waals surface area (Å²) in [5.74, 6) is 0.311. The van der Waals surface area contributed by atoms with Crippen LogP contribution in [-0.4, -0.2) is 11.9 Å². The molecule has 2 nitrogen and oxygen atoms in total. The highest BCUT2D eigenvalue weighted by molar-refractivity contribution is 5.78. The zero-order valence-electron chi connectivity index (χ0n) is 10.1. The maximum Gasteiger partial charge on any atom is 0.224 e. The Balaban J connectivity index is 1.87. The van der Waals surface area contributed by atoms with Gasteiger partial charge in [0.1, 0.15) is 5.82 Å². The molecule has 2 unspecified atom stereocenters. The first-order valence-electron chi connectivity index (χ1n) is 6.18. The minimum absolute atomic E-state index is 0.0748. The van der Waals surface area contributed by atoms with Crippen LogP contribution in [0.3, 0.4) is 0 Å². The van der Waals surface area contributed by atoms with Crippen molar-refractivity contribution in [3.63, 3.8) is 0 Å². The lowest BCUT2D eigenvalue weighted by Gasteiger charge is -2.12. The highest BCUT2D eigenvalue weighted by atomic mass is 19.1.